The molecule has 0 N–H and O–H groups in total. The van der Waals surface area contributed by atoms with Gasteiger partial charge in [-0.2, -0.15) is 0 Å². The van der Waals surface area contributed by atoms with Gasteiger partial charge < -0.3 is 4.74 Å². The first-order chi connectivity index (χ1) is 6.70. The normalized spacial score (nSPS) is 9.14. The molecule has 0 unspecified atom stereocenters. The highest BCUT2D eigenvalue weighted by atomic mass is 16.6. The second-order valence-corrected chi connectivity index (χ2v) is 2.61. The molecule has 0 amide bonds. The monoisotopic (exact) mass is 191 g/mol. The fraction of sp³-hybridized carbons (Fsp3) is 0.200. The number of nitro groups is 1. The average Bonchev–Trinajstić information content (AvgIpc) is 2.17. The van der Waals surface area contributed by atoms with Crippen LogP contribution in [0.15, 0.2) is 18.2 Å². The third kappa shape index (κ3) is 1.83. The lowest BCUT2D eigenvalue weighted by molar-refractivity contribution is -0.386. The Morgan fingerprint density at radius 2 is 2.36 bits per heavy atom. The molecule has 4 nitrogen and oxygen atoms in total. The highest BCUT2D eigenvalue weighted by Crippen LogP contribution is 2.30. The van der Waals surface area contributed by atoms with Crippen LogP contribution in [0.4, 0.5) is 5.69 Å². The molecule has 0 heterocycles. The van der Waals surface area contributed by atoms with Gasteiger partial charge in [-0.3, -0.25) is 10.1 Å². The van der Waals surface area contributed by atoms with Crippen molar-refractivity contribution in [3.63, 3.8) is 0 Å². The quantitative estimate of drug-likeness (QED) is 0.415. The summed E-state index contributed by atoms with van der Waals surface area (Å²) in [5.74, 6) is 2.61. The molecule has 1 aromatic carbocycles. The van der Waals surface area contributed by atoms with Gasteiger partial charge in [0.25, 0.3) is 0 Å². The van der Waals surface area contributed by atoms with Crippen molar-refractivity contribution in [1.29, 1.82) is 0 Å². The number of methoxy groups -OCH3 is 1. The molecule has 14 heavy (non-hydrogen) atoms. The first-order valence-electron chi connectivity index (χ1n) is 3.94. The Hall–Kier alpha value is -2.02. The summed E-state index contributed by atoms with van der Waals surface area (Å²) < 4.78 is 4.88. The first-order valence-corrected chi connectivity index (χ1v) is 3.94. The number of nitrogens with zero attached hydrogens (tertiary/aromatic N) is 1. The van der Waals surface area contributed by atoms with Crippen LogP contribution in [-0.4, -0.2) is 12.0 Å². The molecule has 0 atom stereocenters. The number of benzene rings is 1. The highest BCUT2D eigenvalue weighted by Gasteiger charge is 2.18. The van der Waals surface area contributed by atoms with Gasteiger partial charge in [-0.15, -0.1) is 12.3 Å². The van der Waals surface area contributed by atoms with Crippen molar-refractivity contribution in [1.82, 2.24) is 0 Å². The van der Waals surface area contributed by atoms with Crippen LogP contribution in [-0.2, 0) is 6.42 Å². The minimum absolute atomic E-state index is 0.0482. The summed E-state index contributed by atoms with van der Waals surface area (Å²) in [4.78, 5) is 10.3. The summed E-state index contributed by atoms with van der Waals surface area (Å²) in [6.45, 7) is 0. The highest BCUT2D eigenvalue weighted by molar-refractivity contribution is 5.53. The van der Waals surface area contributed by atoms with Crippen LogP contribution in [0.5, 0.6) is 5.75 Å². The van der Waals surface area contributed by atoms with Crippen molar-refractivity contribution < 1.29 is 9.66 Å². The van der Waals surface area contributed by atoms with Crippen molar-refractivity contribution in [2.24, 2.45) is 0 Å². The molecule has 0 radical (unpaired) electrons. The zero-order chi connectivity index (χ0) is 10.6. The molecule has 0 saturated heterocycles. The van der Waals surface area contributed by atoms with Crippen LogP contribution in [0.2, 0.25) is 0 Å². The number of ether oxygens (including phenoxy) is 1. The van der Waals surface area contributed by atoms with E-state index in [2.05, 4.69) is 5.92 Å². The van der Waals surface area contributed by atoms with Gasteiger partial charge in [0.05, 0.1) is 12.0 Å². The molecule has 0 fully saturated rings. The average molecular weight is 191 g/mol. The van der Waals surface area contributed by atoms with E-state index in [4.69, 9.17) is 11.2 Å². The van der Waals surface area contributed by atoms with E-state index in [1.54, 1.807) is 12.1 Å². The fourth-order valence-electron chi connectivity index (χ4n) is 1.19. The Morgan fingerprint density at radius 1 is 1.64 bits per heavy atom. The van der Waals surface area contributed by atoms with Gasteiger partial charge in [0.15, 0.2) is 5.75 Å². The molecule has 0 aliphatic heterocycles. The molecule has 1 aromatic rings. The Kier molecular flexibility index (Phi) is 3.08. The zero-order valence-electron chi connectivity index (χ0n) is 7.69. The number of nitro benzene ring substituents is 1. The van der Waals surface area contributed by atoms with Gasteiger partial charge in [0.2, 0.25) is 0 Å². The minimum atomic E-state index is -0.481. The Balaban J connectivity index is 3.29. The van der Waals surface area contributed by atoms with Crippen molar-refractivity contribution >= 4 is 5.69 Å². The number of terminal acetylenes is 1. The number of rotatable bonds is 3. The van der Waals surface area contributed by atoms with Gasteiger partial charge >= 0.3 is 5.69 Å². The van der Waals surface area contributed by atoms with Gasteiger partial charge in [-0.1, -0.05) is 12.1 Å². The molecule has 0 aliphatic carbocycles. The predicted molar refractivity (Wildman–Crippen MR) is 52.2 cm³/mol. The SMILES string of the molecule is C#CCc1cccc(OC)c1[N+](=O)[O-]. The maximum atomic E-state index is 10.7. The van der Waals surface area contributed by atoms with E-state index in [1.165, 1.54) is 13.2 Å². The van der Waals surface area contributed by atoms with E-state index in [9.17, 15) is 10.1 Å². The molecule has 72 valence electrons. The number of para-hydroxylation sites is 1. The molecule has 0 bridgehead atoms. The van der Waals surface area contributed by atoms with Crippen molar-refractivity contribution in [3.8, 4) is 18.1 Å². The number of hydrogen-bond acceptors (Lipinski definition) is 3. The van der Waals surface area contributed by atoms with Gasteiger partial charge in [-0.25, -0.2) is 0 Å². The summed E-state index contributed by atoms with van der Waals surface area (Å²) in [5.41, 5.74) is 0.449. The maximum absolute atomic E-state index is 10.7. The van der Waals surface area contributed by atoms with Crippen LogP contribution in [0, 0.1) is 22.5 Å². The molecular formula is C10H9NO3. The van der Waals surface area contributed by atoms with E-state index >= 15 is 0 Å². The minimum Gasteiger partial charge on any atom is -0.490 e. The summed E-state index contributed by atoms with van der Waals surface area (Å²) >= 11 is 0. The summed E-state index contributed by atoms with van der Waals surface area (Å²) in [5, 5.41) is 10.7. The van der Waals surface area contributed by atoms with E-state index in [0.29, 0.717) is 5.56 Å². The Bertz CT molecular complexity index is 393. The molecule has 0 aromatic heterocycles. The Morgan fingerprint density at radius 3 is 2.86 bits per heavy atom. The van der Waals surface area contributed by atoms with E-state index in [0.717, 1.165) is 0 Å². The number of hydrogen-bond donors (Lipinski definition) is 0. The molecule has 0 aliphatic rings. The van der Waals surface area contributed by atoms with Gasteiger partial charge in [0.1, 0.15) is 0 Å². The first kappa shape index (κ1) is 10.1. The second-order valence-electron chi connectivity index (χ2n) is 2.61. The smallest absolute Gasteiger partial charge is 0.315 e. The van der Waals surface area contributed by atoms with Crippen LogP contribution in [0.1, 0.15) is 5.56 Å². The molecule has 4 heteroatoms. The Labute approximate surface area is 81.7 Å². The fourth-order valence-corrected chi connectivity index (χ4v) is 1.19. The van der Waals surface area contributed by atoms with E-state index < -0.39 is 4.92 Å². The molecule has 1 rings (SSSR count). The molecule has 0 saturated carbocycles. The van der Waals surface area contributed by atoms with Crippen LogP contribution < -0.4 is 4.74 Å². The third-order valence-corrected chi connectivity index (χ3v) is 1.78. The second kappa shape index (κ2) is 4.28. The van der Waals surface area contributed by atoms with Crippen LogP contribution in [0.3, 0.4) is 0 Å². The predicted octanol–water partition coefficient (Wildman–Crippen LogP) is 1.78. The van der Waals surface area contributed by atoms with Crippen LogP contribution in [0.25, 0.3) is 0 Å². The molecular weight excluding hydrogens is 182 g/mol. The van der Waals surface area contributed by atoms with Gasteiger partial charge in [-0.05, 0) is 6.07 Å². The summed E-state index contributed by atoms with van der Waals surface area (Å²) in [6, 6.07) is 4.84. The largest absolute Gasteiger partial charge is 0.490 e. The standard InChI is InChI=1S/C10H9NO3/c1-3-5-8-6-4-7-9(14-2)10(8)11(12)13/h1,4,6-7H,5H2,2H3. The molecule has 0 spiro atoms. The van der Waals surface area contributed by atoms with E-state index in [-0.39, 0.29) is 17.9 Å². The zero-order valence-corrected chi connectivity index (χ0v) is 7.69. The van der Waals surface area contributed by atoms with Crippen molar-refractivity contribution in [2.45, 2.75) is 6.42 Å². The summed E-state index contributed by atoms with van der Waals surface area (Å²) in [7, 11) is 1.39. The van der Waals surface area contributed by atoms with Crippen LogP contribution >= 0.6 is 0 Å². The summed E-state index contributed by atoms with van der Waals surface area (Å²) in [6.07, 6.45) is 5.34. The lowest BCUT2D eigenvalue weighted by atomic mass is 10.1. The van der Waals surface area contributed by atoms with Crippen molar-refractivity contribution in [2.75, 3.05) is 7.11 Å². The van der Waals surface area contributed by atoms with E-state index in [1.807, 2.05) is 0 Å². The lowest BCUT2D eigenvalue weighted by Crippen LogP contribution is -1.98. The van der Waals surface area contributed by atoms with Crippen molar-refractivity contribution in [3.05, 3.63) is 33.9 Å². The topological polar surface area (TPSA) is 52.4 Å². The maximum Gasteiger partial charge on any atom is 0.315 e. The third-order valence-electron chi connectivity index (χ3n) is 1.78. The van der Waals surface area contributed by atoms with Gasteiger partial charge in [0, 0.05) is 12.0 Å². The lowest BCUT2D eigenvalue weighted by Gasteiger charge is -2.04.